The minimum atomic E-state index is 0.122. The Balaban J connectivity index is 2.33. The summed E-state index contributed by atoms with van der Waals surface area (Å²) in [5.74, 6) is 0.122. The van der Waals surface area contributed by atoms with Crippen LogP contribution in [0.4, 0.5) is 0 Å². The average molecular weight is 178 g/mol. The number of Topliss-reactive ketones (excluding diaryl/α,β-unsaturated/α-hetero) is 1. The third-order valence-electron chi connectivity index (χ3n) is 2.55. The summed E-state index contributed by atoms with van der Waals surface area (Å²) in [6, 6.07) is 1.98. The molecular formula is C10H14N2O. The Morgan fingerprint density at radius 1 is 1.62 bits per heavy atom. The van der Waals surface area contributed by atoms with Crippen LogP contribution in [0.3, 0.4) is 0 Å². The number of aromatic amines is 1. The van der Waals surface area contributed by atoms with E-state index >= 15 is 0 Å². The largest absolute Gasteiger partial charge is 0.356 e. The van der Waals surface area contributed by atoms with Gasteiger partial charge in [-0.05, 0) is 18.7 Å². The molecule has 1 aliphatic rings. The monoisotopic (exact) mass is 178 g/mol. The van der Waals surface area contributed by atoms with Crippen LogP contribution in [0.1, 0.15) is 28.7 Å². The number of carbonyl (C=O) groups excluding carboxylic acids is 1. The highest BCUT2D eigenvalue weighted by Crippen LogP contribution is 2.18. The van der Waals surface area contributed by atoms with E-state index in [0.29, 0.717) is 0 Å². The van der Waals surface area contributed by atoms with E-state index in [1.165, 1.54) is 11.3 Å². The van der Waals surface area contributed by atoms with Gasteiger partial charge < -0.3 is 9.88 Å². The second kappa shape index (κ2) is 3.00. The molecule has 0 bridgehead atoms. The highest BCUT2D eigenvalue weighted by atomic mass is 16.1. The molecule has 3 nitrogen and oxygen atoms in total. The number of hydrogen-bond acceptors (Lipinski definition) is 2. The predicted octanol–water partition coefficient (Wildman–Crippen LogP) is 1.21. The standard InChI is InChI=1S/C10H14N2O/c1-7(13)10-5-8-6-12(2)4-3-9(8)11-10/h5,11H,3-4,6H2,1-2H3. The van der Waals surface area contributed by atoms with Gasteiger partial charge in [0.2, 0.25) is 0 Å². The van der Waals surface area contributed by atoms with Crippen molar-refractivity contribution >= 4 is 5.78 Å². The molecule has 0 unspecified atom stereocenters. The zero-order valence-electron chi connectivity index (χ0n) is 8.05. The molecule has 13 heavy (non-hydrogen) atoms. The number of aromatic nitrogens is 1. The molecule has 0 atom stereocenters. The van der Waals surface area contributed by atoms with E-state index in [2.05, 4.69) is 16.9 Å². The second-order valence-electron chi connectivity index (χ2n) is 3.73. The van der Waals surface area contributed by atoms with Crippen molar-refractivity contribution in [1.29, 1.82) is 0 Å². The van der Waals surface area contributed by atoms with Crippen LogP contribution in [0.5, 0.6) is 0 Å². The molecule has 1 aromatic heterocycles. The third-order valence-corrected chi connectivity index (χ3v) is 2.55. The minimum absolute atomic E-state index is 0.122. The van der Waals surface area contributed by atoms with Crippen molar-refractivity contribution < 1.29 is 4.79 Å². The fourth-order valence-corrected chi connectivity index (χ4v) is 1.77. The molecule has 0 amide bonds. The Morgan fingerprint density at radius 3 is 3.08 bits per heavy atom. The van der Waals surface area contributed by atoms with E-state index in [9.17, 15) is 4.79 Å². The summed E-state index contributed by atoms with van der Waals surface area (Å²) in [6.45, 7) is 3.63. The first-order valence-corrected chi connectivity index (χ1v) is 4.57. The molecule has 0 saturated heterocycles. The van der Waals surface area contributed by atoms with E-state index in [0.717, 1.165) is 25.2 Å². The molecule has 2 rings (SSSR count). The summed E-state index contributed by atoms with van der Waals surface area (Å²) in [6.07, 6.45) is 1.03. The fourth-order valence-electron chi connectivity index (χ4n) is 1.77. The number of fused-ring (bicyclic) bond motifs is 1. The third kappa shape index (κ3) is 1.52. The van der Waals surface area contributed by atoms with E-state index in [1.54, 1.807) is 6.92 Å². The number of nitrogens with zero attached hydrogens (tertiary/aromatic N) is 1. The van der Waals surface area contributed by atoms with Crippen LogP contribution in [0.15, 0.2) is 6.07 Å². The van der Waals surface area contributed by atoms with E-state index < -0.39 is 0 Å². The molecule has 0 radical (unpaired) electrons. The van der Waals surface area contributed by atoms with Gasteiger partial charge >= 0.3 is 0 Å². The van der Waals surface area contributed by atoms with Gasteiger partial charge in [0.25, 0.3) is 0 Å². The Kier molecular flexibility index (Phi) is 1.96. The van der Waals surface area contributed by atoms with Crippen LogP contribution in [-0.4, -0.2) is 29.3 Å². The number of carbonyl (C=O) groups is 1. The summed E-state index contributed by atoms with van der Waals surface area (Å²) < 4.78 is 0. The summed E-state index contributed by atoms with van der Waals surface area (Å²) >= 11 is 0. The normalized spacial score (nSPS) is 17.1. The summed E-state index contributed by atoms with van der Waals surface area (Å²) in [5.41, 5.74) is 3.27. The van der Waals surface area contributed by atoms with Gasteiger partial charge in [-0.15, -0.1) is 0 Å². The topological polar surface area (TPSA) is 36.1 Å². The van der Waals surface area contributed by atoms with Crippen molar-refractivity contribution in [3.8, 4) is 0 Å². The van der Waals surface area contributed by atoms with Gasteiger partial charge in [-0.2, -0.15) is 0 Å². The van der Waals surface area contributed by atoms with Gasteiger partial charge in [0.15, 0.2) is 5.78 Å². The van der Waals surface area contributed by atoms with Crippen LogP contribution in [0.2, 0.25) is 0 Å². The number of nitrogens with one attached hydrogen (secondary N) is 1. The highest BCUT2D eigenvalue weighted by Gasteiger charge is 2.16. The second-order valence-corrected chi connectivity index (χ2v) is 3.73. The lowest BCUT2D eigenvalue weighted by Gasteiger charge is -2.21. The van der Waals surface area contributed by atoms with Gasteiger partial charge in [0, 0.05) is 32.1 Å². The first-order valence-electron chi connectivity index (χ1n) is 4.57. The fraction of sp³-hybridized carbons (Fsp3) is 0.500. The Morgan fingerprint density at radius 2 is 2.38 bits per heavy atom. The smallest absolute Gasteiger partial charge is 0.175 e. The Labute approximate surface area is 77.7 Å². The number of likely N-dealkylation sites (N-methyl/N-ethyl adjacent to an activating group) is 1. The molecule has 1 aromatic rings. The molecule has 0 aliphatic carbocycles. The molecule has 1 N–H and O–H groups in total. The van der Waals surface area contributed by atoms with Crippen molar-refractivity contribution in [3.63, 3.8) is 0 Å². The van der Waals surface area contributed by atoms with Crippen LogP contribution in [0, 0.1) is 0 Å². The van der Waals surface area contributed by atoms with E-state index in [1.807, 2.05) is 6.07 Å². The molecule has 3 heteroatoms. The highest BCUT2D eigenvalue weighted by molar-refractivity contribution is 5.92. The number of hydrogen-bond donors (Lipinski definition) is 1. The zero-order chi connectivity index (χ0) is 9.42. The van der Waals surface area contributed by atoms with Crippen LogP contribution < -0.4 is 0 Å². The molecule has 2 heterocycles. The number of rotatable bonds is 1. The summed E-state index contributed by atoms with van der Waals surface area (Å²) in [5, 5.41) is 0. The number of ketones is 1. The Bertz CT molecular complexity index is 341. The van der Waals surface area contributed by atoms with Crippen LogP contribution in [0.25, 0.3) is 0 Å². The molecule has 0 aromatic carbocycles. The lowest BCUT2D eigenvalue weighted by Crippen LogP contribution is -2.25. The van der Waals surface area contributed by atoms with Crippen molar-refractivity contribution in [1.82, 2.24) is 9.88 Å². The maximum atomic E-state index is 11.1. The molecule has 70 valence electrons. The van der Waals surface area contributed by atoms with Crippen molar-refractivity contribution in [3.05, 3.63) is 23.0 Å². The maximum Gasteiger partial charge on any atom is 0.175 e. The quantitative estimate of drug-likeness (QED) is 0.656. The lowest BCUT2D eigenvalue weighted by molar-refractivity contribution is 0.101. The van der Waals surface area contributed by atoms with Gasteiger partial charge in [-0.1, -0.05) is 0 Å². The lowest BCUT2D eigenvalue weighted by atomic mass is 10.1. The van der Waals surface area contributed by atoms with Crippen LogP contribution >= 0.6 is 0 Å². The molecule has 0 saturated carbocycles. The van der Waals surface area contributed by atoms with Gasteiger partial charge in [0.1, 0.15) is 0 Å². The van der Waals surface area contributed by atoms with Crippen LogP contribution in [-0.2, 0) is 13.0 Å². The minimum Gasteiger partial charge on any atom is -0.356 e. The van der Waals surface area contributed by atoms with Crippen molar-refractivity contribution in [2.75, 3.05) is 13.6 Å². The van der Waals surface area contributed by atoms with E-state index in [4.69, 9.17) is 0 Å². The van der Waals surface area contributed by atoms with Crippen molar-refractivity contribution in [2.24, 2.45) is 0 Å². The van der Waals surface area contributed by atoms with E-state index in [-0.39, 0.29) is 5.78 Å². The first kappa shape index (κ1) is 8.51. The predicted molar refractivity (Wildman–Crippen MR) is 50.8 cm³/mol. The molecule has 1 aliphatic heterocycles. The summed E-state index contributed by atoms with van der Waals surface area (Å²) in [4.78, 5) is 16.5. The Hall–Kier alpha value is -1.09. The SMILES string of the molecule is CC(=O)c1cc2c([nH]1)CCN(C)C2. The average Bonchev–Trinajstić information content (AvgIpc) is 2.46. The maximum absolute atomic E-state index is 11.1. The van der Waals surface area contributed by atoms with Crippen molar-refractivity contribution in [2.45, 2.75) is 19.9 Å². The molecule has 0 fully saturated rings. The van der Waals surface area contributed by atoms with Gasteiger partial charge in [-0.25, -0.2) is 0 Å². The molecule has 0 spiro atoms. The first-order chi connectivity index (χ1) is 6.16. The number of H-pyrrole nitrogens is 1. The molecular weight excluding hydrogens is 164 g/mol. The van der Waals surface area contributed by atoms with Gasteiger partial charge in [0.05, 0.1) is 5.69 Å². The van der Waals surface area contributed by atoms with Gasteiger partial charge in [-0.3, -0.25) is 4.79 Å². The zero-order valence-corrected chi connectivity index (χ0v) is 8.05. The summed E-state index contributed by atoms with van der Waals surface area (Å²) in [7, 11) is 2.10.